The molecule has 0 spiro atoms. The van der Waals surface area contributed by atoms with Gasteiger partial charge in [0.2, 0.25) is 5.88 Å². The van der Waals surface area contributed by atoms with Crippen molar-refractivity contribution in [2.75, 3.05) is 0 Å². The normalized spacial score (nSPS) is 29.8. The fraction of sp³-hybridized carbons (Fsp3) is 0.522. The minimum absolute atomic E-state index is 0.00309. The molecule has 30 heavy (non-hydrogen) atoms. The van der Waals surface area contributed by atoms with Gasteiger partial charge in [0.25, 0.3) is 5.56 Å². The van der Waals surface area contributed by atoms with Gasteiger partial charge in [-0.05, 0) is 95.3 Å². The zero-order chi connectivity index (χ0) is 21.2. The van der Waals surface area contributed by atoms with Crippen molar-refractivity contribution >= 4 is 27.8 Å². The summed E-state index contributed by atoms with van der Waals surface area (Å²) in [5.74, 6) is 2.28. The molecule has 4 aliphatic rings. The molecule has 4 saturated carbocycles. The highest BCUT2D eigenvalue weighted by Crippen LogP contribution is 2.61. The van der Waals surface area contributed by atoms with Crippen LogP contribution in [0.5, 0.6) is 5.88 Å². The van der Waals surface area contributed by atoms with Gasteiger partial charge >= 0.3 is 5.69 Å². The first-order chi connectivity index (χ1) is 14.3. The van der Waals surface area contributed by atoms with Crippen LogP contribution in [0.25, 0.3) is 0 Å². The Labute approximate surface area is 183 Å². The summed E-state index contributed by atoms with van der Waals surface area (Å²) in [6.45, 7) is 0. The third-order valence-electron chi connectivity index (χ3n) is 7.60. The third-order valence-corrected chi connectivity index (χ3v) is 8.23. The Morgan fingerprint density at radius 2 is 1.67 bits per heavy atom. The average molecular weight is 472 g/mol. The maximum Gasteiger partial charge on any atom is 0.333 e. The van der Waals surface area contributed by atoms with Crippen LogP contribution in [0.15, 0.2) is 37.3 Å². The summed E-state index contributed by atoms with van der Waals surface area (Å²) in [6.07, 6.45) is 9.49. The molecule has 1 heterocycles. The summed E-state index contributed by atoms with van der Waals surface area (Å²) >= 11 is 3.66. The van der Waals surface area contributed by atoms with Crippen molar-refractivity contribution in [1.82, 2.24) is 9.13 Å². The van der Waals surface area contributed by atoms with E-state index in [1.165, 1.54) is 64.4 Å². The molecule has 0 radical (unpaired) electrons. The van der Waals surface area contributed by atoms with Crippen LogP contribution in [0.2, 0.25) is 0 Å². The van der Waals surface area contributed by atoms with Crippen molar-refractivity contribution in [3.8, 4) is 5.88 Å². The number of aliphatic imine (C=N–C) groups is 1. The van der Waals surface area contributed by atoms with Gasteiger partial charge in [-0.15, -0.1) is 0 Å². The maximum atomic E-state index is 12.4. The van der Waals surface area contributed by atoms with Crippen LogP contribution in [-0.4, -0.2) is 20.5 Å². The van der Waals surface area contributed by atoms with E-state index in [4.69, 9.17) is 0 Å². The minimum atomic E-state index is -0.573. The molecule has 2 aromatic rings. The van der Waals surface area contributed by atoms with Crippen LogP contribution in [0.1, 0.15) is 49.7 Å². The summed E-state index contributed by atoms with van der Waals surface area (Å²) in [6, 6.07) is 6.36. The molecule has 6 rings (SSSR count). The lowest BCUT2D eigenvalue weighted by Gasteiger charge is -2.57. The third kappa shape index (κ3) is 3.01. The second kappa shape index (κ2) is 6.94. The molecule has 1 N–H and O–H groups in total. The van der Waals surface area contributed by atoms with Crippen LogP contribution < -0.4 is 11.2 Å². The van der Waals surface area contributed by atoms with Gasteiger partial charge in [0, 0.05) is 24.8 Å². The number of rotatable bonds is 3. The Morgan fingerprint density at radius 3 is 2.23 bits per heavy atom. The molecular weight excluding hydrogens is 446 g/mol. The van der Waals surface area contributed by atoms with E-state index in [1.54, 1.807) is 0 Å². The second-order valence-electron chi connectivity index (χ2n) is 9.57. The molecule has 0 unspecified atom stereocenters. The van der Waals surface area contributed by atoms with Gasteiger partial charge in [0.1, 0.15) is 5.56 Å². The molecule has 4 bridgehead atoms. The minimum Gasteiger partial charge on any atom is -0.494 e. The molecular formula is C23H26BrN3O3. The topological polar surface area (TPSA) is 76.6 Å². The summed E-state index contributed by atoms with van der Waals surface area (Å²) < 4.78 is 2.88. The van der Waals surface area contributed by atoms with E-state index < -0.39 is 11.2 Å². The highest BCUT2D eigenvalue weighted by molar-refractivity contribution is 9.10. The molecule has 1 aromatic carbocycles. The SMILES string of the molecule is Cn1c(O)c(C=Nc2ccc(C34CC5CC(CC(C5)C3)C4)cc2Br)c(=O)n(C)c1=O. The van der Waals surface area contributed by atoms with E-state index >= 15 is 0 Å². The molecule has 0 atom stereocenters. The lowest BCUT2D eigenvalue weighted by Crippen LogP contribution is -2.48. The smallest absolute Gasteiger partial charge is 0.333 e. The van der Waals surface area contributed by atoms with E-state index in [-0.39, 0.29) is 11.4 Å². The first-order valence-corrected chi connectivity index (χ1v) is 11.4. The predicted molar refractivity (Wildman–Crippen MR) is 120 cm³/mol. The van der Waals surface area contributed by atoms with Crippen molar-refractivity contribution < 1.29 is 5.11 Å². The van der Waals surface area contributed by atoms with Crippen molar-refractivity contribution in [3.05, 3.63) is 54.6 Å². The van der Waals surface area contributed by atoms with Crippen molar-refractivity contribution in [3.63, 3.8) is 0 Å². The molecule has 4 aliphatic carbocycles. The number of hydrogen-bond donors (Lipinski definition) is 1. The van der Waals surface area contributed by atoms with Gasteiger partial charge in [-0.25, -0.2) is 4.79 Å². The number of aromatic nitrogens is 2. The zero-order valence-electron chi connectivity index (χ0n) is 17.3. The summed E-state index contributed by atoms with van der Waals surface area (Å²) in [7, 11) is 2.81. The molecule has 4 fully saturated rings. The summed E-state index contributed by atoms with van der Waals surface area (Å²) in [5, 5.41) is 10.2. The van der Waals surface area contributed by atoms with Crippen LogP contribution in [0, 0.1) is 17.8 Å². The van der Waals surface area contributed by atoms with E-state index in [0.717, 1.165) is 31.4 Å². The molecule has 0 aliphatic heterocycles. The Bertz CT molecular complexity index is 1140. The molecule has 158 valence electrons. The summed E-state index contributed by atoms with van der Waals surface area (Å²) in [4.78, 5) is 28.7. The molecule has 6 nitrogen and oxygen atoms in total. The van der Waals surface area contributed by atoms with Gasteiger partial charge in [-0.2, -0.15) is 0 Å². The number of hydrogen-bond acceptors (Lipinski definition) is 4. The predicted octanol–water partition coefficient (Wildman–Crippen LogP) is 3.77. The lowest BCUT2D eigenvalue weighted by atomic mass is 9.48. The summed E-state index contributed by atoms with van der Waals surface area (Å²) in [5.41, 5.74) is 1.26. The van der Waals surface area contributed by atoms with Crippen molar-refractivity contribution in [2.45, 2.75) is 43.9 Å². The number of benzene rings is 1. The number of aromatic hydroxyl groups is 1. The zero-order valence-corrected chi connectivity index (χ0v) is 18.9. The van der Waals surface area contributed by atoms with Gasteiger partial charge in [0.05, 0.1) is 5.69 Å². The first-order valence-electron chi connectivity index (χ1n) is 10.6. The Balaban J connectivity index is 1.47. The first kappa shape index (κ1) is 19.8. The largest absolute Gasteiger partial charge is 0.494 e. The standard InChI is InChI=1S/C23H26BrN3O3/c1-26-20(28)17(21(29)27(2)22(26)30)12-25-19-4-3-16(8-18(19)24)23-9-13-5-14(10-23)7-15(6-13)11-23/h3-4,8,12-15,28H,5-7,9-11H2,1-2H3. The molecule has 1 aromatic heterocycles. The van der Waals surface area contributed by atoms with E-state index in [2.05, 4.69) is 33.1 Å². The van der Waals surface area contributed by atoms with Crippen LogP contribution in [0.3, 0.4) is 0 Å². The quantitative estimate of drug-likeness (QED) is 0.692. The Kier molecular flexibility index (Phi) is 4.58. The van der Waals surface area contributed by atoms with Gasteiger partial charge in [0.15, 0.2) is 0 Å². The van der Waals surface area contributed by atoms with E-state index in [9.17, 15) is 14.7 Å². The number of nitrogens with zero attached hydrogens (tertiary/aromatic N) is 3. The highest BCUT2D eigenvalue weighted by Gasteiger charge is 2.51. The van der Waals surface area contributed by atoms with Crippen molar-refractivity contribution in [1.29, 1.82) is 0 Å². The number of halogens is 1. The van der Waals surface area contributed by atoms with Crippen molar-refractivity contribution in [2.24, 2.45) is 36.8 Å². The van der Waals surface area contributed by atoms with Crippen LogP contribution in [0.4, 0.5) is 5.69 Å². The molecule has 0 saturated heterocycles. The average Bonchev–Trinajstić information content (AvgIpc) is 2.70. The van der Waals surface area contributed by atoms with Gasteiger partial charge in [-0.1, -0.05) is 6.07 Å². The fourth-order valence-electron chi connectivity index (χ4n) is 6.51. The van der Waals surface area contributed by atoms with Crippen LogP contribution in [-0.2, 0) is 19.5 Å². The Hall–Kier alpha value is -2.15. The maximum absolute atomic E-state index is 12.4. The van der Waals surface area contributed by atoms with Gasteiger partial charge < -0.3 is 5.11 Å². The lowest BCUT2D eigenvalue weighted by molar-refractivity contribution is -0.00520. The van der Waals surface area contributed by atoms with Crippen LogP contribution >= 0.6 is 15.9 Å². The fourth-order valence-corrected chi connectivity index (χ4v) is 6.99. The van der Waals surface area contributed by atoms with E-state index in [1.807, 2.05) is 6.07 Å². The Morgan fingerprint density at radius 1 is 1.07 bits per heavy atom. The molecule has 7 heteroatoms. The van der Waals surface area contributed by atoms with E-state index in [0.29, 0.717) is 11.1 Å². The van der Waals surface area contributed by atoms with Gasteiger partial charge in [-0.3, -0.25) is 18.9 Å². The second-order valence-corrected chi connectivity index (χ2v) is 10.4. The monoisotopic (exact) mass is 471 g/mol. The molecule has 0 amide bonds. The highest BCUT2D eigenvalue weighted by atomic mass is 79.9.